The van der Waals surface area contributed by atoms with E-state index in [1.165, 1.54) is 12.1 Å². The maximum atomic E-state index is 13.2. The molecule has 0 saturated carbocycles. The summed E-state index contributed by atoms with van der Waals surface area (Å²) in [5.41, 5.74) is 2.66. The summed E-state index contributed by atoms with van der Waals surface area (Å²) < 4.78 is 18.9. The SMILES string of the molecule is CCCNCc1nc(C)ccc1OCc1cccc(F)c1. The molecule has 1 aromatic carbocycles. The molecule has 0 aliphatic rings. The van der Waals surface area contributed by atoms with Crippen LogP contribution >= 0.6 is 0 Å². The van der Waals surface area contributed by atoms with Gasteiger partial charge in [-0.3, -0.25) is 4.98 Å². The summed E-state index contributed by atoms with van der Waals surface area (Å²) in [6.45, 7) is 6.04. The Morgan fingerprint density at radius 2 is 2.10 bits per heavy atom. The zero-order chi connectivity index (χ0) is 15.1. The minimum Gasteiger partial charge on any atom is -0.487 e. The standard InChI is InChI=1S/C17H21FN2O/c1-3-9-19-11-16-17(8-7-13(2)20-16)21-12-14-5-4-6-15(18)10-14/h4-8,10,19H,3,9,11-12H2,1-2H3. The van der Waals surface area contributed by atoms with E-state index < -0.39 is 0 Å². The van der Waals surface area contributed by atoms with Gasteiger partial charge in [0.2, 0.25) is 0 Å². The molecule has 2 aromatic rings. The zero-order valence-electron chi connectivity index (χ0n) is 12.5. The average Bonchev–Trinajstić information content (AvgIpc) is 2.47. The largest absolute Gasteiger partial charge is 0.487 e. The summed E-state index contributed by atoms with van der Waals surface area (Å²) in [6, 6.07) is 10.3. The fourth-order valence-corrected chi connectivity index (χ4v) is 2.03. The van der Waals surface area contributed by atoms with Crippen molar-refractivity contribution in [3.8, 4) is 5.75 Å². The molecule has 1 heterocycles. The lowest BCUT2D eigenvalue weighted by Gasteiger charge is -2.12. The van der Waals surface area contributed by atoms with E-state index in [1.807, 2.05) is 25.1 Å². The minimum absolute atomic E-state index is 0.247. The van der Waals surface area contributed by atoms with E-state index in [-0.39, 0.29) is 5.82 Å². The Bertz CT molecular complexity index is 587. The van der Waals surface area contributed by atoms with Gasteiger partial charge in [0.25, 0.3) is 0 Å². The highest BCUT2D eigenvalue weighted by Gasteiger charge is 2.06. The van der Waals surface area contributed by atoms with Gasteiger partial charge in [-0.2, -0.15) is 0 Å². The van der Waals surface area contributed by atoms with Gasteiger partial charge >= 0.3 is 0 Å². The third-order valence-electron chi connectivity index (χ3n) is 3.07. The van der Waals surface area contributed by atoms with Crippen LogP contribution in [0.1, 0.15) is 30.3 Å². The topological polar surface area (TPSA) is 34.2 Å². The van der Waals surface area contributed by atoms with Crippen molar-refractivity contribution in [3.63, 3.8) is 0 Å². The fourth-order valence-electron chi connectivity index (χ4n) is 2.03. The maximum absolute atomic E-state index is 13.2. The number of rotatable bonds is 7. The molecule has 0 spiro atoms. The Kier molecular flexibility index (Phi) is 5.69. The van der Waals surface area contributed by atoms with Crippen LogP contribution in [0.2, 0.25) is 0 Å². The molecule has 0 fully saturated rings. The molecule has 1 aromatic heterocycles. The molecule has 0 bridgehead atoms. The zero-order valence-corrected chi connectivity index (χ0v) is 12.5. The number of halogens is 1. The number of nitrogens with one attached hydrogen (secondary N) is 1. The molecule has 21 heavy (non-hydrogen) atoms. The molecule has 0 amide bonds. The summed E-state index contributed by atoms with van der Waals surface area (Å²) in [7, 11) is 0. The first-order chi connectivity index (χ1) is 10.2. The Labute approximate surface area is 125 Å². The van der Waals surface area contributed by atoms with Crippen LogP contribution in [-0.4, -0.2) is 11.5 Å². The first-order valence-electron chi connectivity index (χ1n) is 7.23. The molecule has 4 heteroatoms. The van der Waals surface area contributed by atoms with Crippen molar-refractivity contribution in [1.82, 2.24) is 10.3 Å². The lowest BCUT2D eigenvalue weighted by molar-refractivity contribution is 0.299. The molecule has 1 N–H and O–H groups in total. The third kappa shape index (κ3) is 4.83. The van der Waals surface area contributed by atoms with E-state index in [2.05, 4.69) is 17.2 Å². The smallest absolute Gasteiger partial charge is 0.142 e. The minimum atomic E-state index is -0.247. The highest BCUT2D eigenvalue weighted by molar-refractivity contribution is 5.29. The predicted molar refractivity (Wildman–Crippen MR) is 81.7 cm³/mol. The van der Waals surface area contributed by atoms with Crippen molar-refractivity contribution in [2.24, 2.45) is 0 Å². The van der Waals surface area contributed by atoms with Crippen LogP contribution in [0.3, 0.4) is 0 Å². The number of nitrogens with zero attached hydrogens (tertiary/aromatic N) is 1. The van der Waals surface area contributed by atoms with E-state index in [0.29, 0.717) is 13.2 Å². The predicted octanol–water partition coefficient (Wildman–Crippen LogP) is 3.61. The number of aromatic nitrogens is 1. The van der Waals surface area contributed by atoms with E-state index in [4.69, 9.17) is 4.74 Å². The van der Waals surface area contributed by atoms with Crippen LogP contribution in [0.25, 0.3) is 0 Å². The quantitative estimate of drug-likeness (QED) is 0.790. The molecule has 0 aliphatic heterocycles. The number of pyridine rings is 1. The van der Waals surface area contributed by atoms with Crippen LogP contribution in [0.4, 0.5) is 4.39 Å². The number of aryl methyl sites for hydroxylation is 1. The second kappa shape index (κ2) is 7.74. The molecular formula is C17H21FN2O. The lowest BCUT2D eigenvalue weighted by atomic mass is 10.2. The number of benzene rings is 1. The first-order valence-corrected chi connectivity index (χ1v) is 7.23. The summed E-state index contributed by atoms with van der Waals surface area (Å²) in [4.78, 5) is 4.51. The van der Waals surface area contributed by atoms with E-state index in [9.17, 15) is 4.39 Å². The van der Waals surface area contributed by atoms with Gasteiger partial charge in [-0.05, 0) is 49.7 Å². The Morgan fingerprint density at radius 1 is 1.24 bits per heavy atom. The van der Waals surface area contributed by atoms with Gasteiger partial charge in [-0.15, -0.1) is 0 Å². The molecule has 0 saturated heterocycles. The van der Waals surface area contributed by atoms with Gasteiger partial charge in [0.05, 0.1) is 5.69 Å². The van der Waals surface area contributed by atoms with E-state index in [1.54, 1.807) is 6.07 Å². The normalized spacial score (nSPS) is 10.6. The molecule has 112 valence electrons. The molecule has 0 unspecified atom stereocenters. The second-order valence-corrected chi connectivity index (χ2v) is 4.99. The van der Waals surface area contributed by atoms with E-state index in [0.717, 1.165) is 35.7 Å². The molecule has 0 radical (unpaired) electrons. The van der Waals surface area contributed by atoms with Crippen molar-refractivity contribution >= 4 is 0 Å². The first kappa shape index (κ1) is 15.4. The summed E-state index contributed by atoms with van der Waals surface area (Å²) in [6.07, 6.45) is 1.07. The lowest BCUT2D eigenvalue weighted by Crippen LogP contribution is -2.16. The molecule has 2 rings (SSSR count). The van der Waals surface area contributed by atoms with Gasteiger partial charge in [-0.1, -0.05) is 19.1 Å². The van der Waals surface area contributed by atoms with E-state index >= 15 is 0 Å². The van der Waals surface area contributed by atoms with Crippen LogP contribution in [0, 0.1) is 12.7 Å². The van der Waals surface area contributed by atoms with Crippen molar-refractivity contribution < 1.29 is 9.13 Å². The highest BCUT2D eigenvalue weighted by atomic mass is 19.1. The number of hydrogen-bond acceptors (Lipinski definition) is 3. The van der Waals surface area contributed by atoms with Gasteiger partial charge < -0.3 is 10.1 Å². The van der Waals surface area contributed by atoms with Crippen molar-refractivity contribution in [3.05, 3.63) is 59.2 Å². The average molecular weight is 288 g/mol. The summed E-state index contributed by atoms with van der Waals surface area (Å²) in [5, 5.41) is 3.32. The van der Waals surface area contributed by atoms with Gasteiger partial charge in [0, 0.05) is 12.2 Å². The van der Waals surface area contributed by atoms with Crippen molar-refractivity contribution in [2.75, 3.05) is 6.54 Å². The van der Waals surface area contributed by atoms with Crippen molar-refractivity contribution in [2.45, 2.75) is 33.4 Å². The monoisotopic (exact) mass is 288 g/mol. The van der Waals surface area contributed by atoms with Gasteiger partial charge in [-0.25, -0.2) is 4.39 Å². The van der Waals surface area contributed by atoms with Crippen LogP contribution in [0.15, 0.2) is 36.4 Å². The molecule has 0 atom stereocenters. The highest BCUT2D eigenvalue weighted by Crippen LogP contribution is 2.18. The fraction of sp³-hybridized carbons (Fsp3) is 0.353. The van der Waals surface area contributed by atoms with Crippen LogP contribution < -0.4 is 10.1 Å². The number of ether oxygens (including phenoxy) is 1. The van der Waals surface area contributed by atoms with Gasteiger partial charge in [0.1, 0.15) is 18.2 Å². The molecule has 0 aliphatic carbocycles. The maximum Gasteiger partial charge on any atom is 0.142 e. The van der Waals surface area contributed by atoms with Gasteiger partial charge in [0.15, 0.2) is 0 Å². The summed E-state index contributed by atoms with van der Waals surface area (Å²) in [5.74, 6) is 0.497. The van der Waals surface area contributed by atoms with Crippen LogP contribution in [-0.2, 0) is 13.2 Å². The van der Waals surface area contributed by atoms with Crippen LogP contribution in [0.5, 0.6) is 5.75 Å². The third-order valence-corrected chi connectivity index (χ3v) is 3.07. The Balaban J connectivity index is 2.04. The summed E-state index contributed by atoms with van der Waals surface area (Å²) >= 11 is 0. The molecular weight excluding hydrogens is 267 g/mol. The Hall–Kier alpha value is -1.94. The second-order valence-electron chi connectivity index (χ2n) is 4.99. The van der Waals surface area contributed by atoms with Crippen molar-refractivity contribution in [1.29, 1.82) is 0 Å². The number of hydrogen-bond donors (Lipinski definition) is 1. The Morgan fingerprint density at radius 3 is 2.86 bits per heavy atom. The molecule has 3 nitrogen and oxygen atoms in total.